The number of hydrogen-bond donors (Lipinski definition) is 0. The van der Waals surface area contributed by atoms with Crippen LogP contribution in [0.1, 0.15) is 28.9 Å². The van der Waals surface area contributed by atoms with Crippen LogP contribution in [0.2, 0.25) is 0 Å². The van der Waals surface area contributed by atoms with Gasteiger partial charge in [-0.05, 0) is 43.8 Å². The average Bonchev–Trinajstić information content (AvgIpc) is 3.61. The Kier molecular flexibility index (Phi) is 5.73. The Morgan fingerprint density at radius 1 is 1.09 bits per heavy atom. The van der Waals surface area contributed by atoms with Gasteiger partial charge in [0.05, 0.1) is 35.8 Å². The summed E-state index contributed by atoms with van der Waals surface area (Å²) in [7, 11) is 2.03. The van der Waals surface area contributed by atoms with Crippen LogP contribution in [0.25, 0.3) is 10.9 Å². The number of anilines is 1. The topological polar surface area (TPSA) is 57.8 Å². The third-order valence-electron chi connectivity index (χ3n) is 6.51. The number of esters is 1. The molecule has 9 heteroatoms. The lowest BCUT2D eigenvalue weighted by atomic mass is 10.1. The van der Waals surface area contributed by atoms with Gasteiger partial charge in [0.1, 0.15) is 17.2 Å². The maximum absolute atomic E-state index is 15.2. The molecule has 0 N–H and O–H groups in total. The molecular weight excluding hydrogens is 442 g/mol. The van der Waals surface area contributed by atoms with Gasteiger partial charge in [-0.2, -0.15) is 0 Å². The molecule has 2 aliphatic rings. The molecule has 2 aliphatic heterocycles. The first-order valence-corrected chi connectivity index (χ1v) is 11.4. The number of nitrogens with zero attached hydrogens (tertiary/aromatic N) is 4. The summed E-state index contributed by atoms with van der Waals surface area (Å²) in [5.74, 6) is -1.56. The van der Waals surface area contributed by atoms with E-state index in [4.69, 9.17) is 4.74 Å². The fraction of sp³-hybridized carbons (Fsp3) is 0.360. The number of halogens is 2. The van der Waals surface area contributed by atoms with Crippen LogP contribution in [0.15, 0.2) is 47.4 Å². The predicted molar refractivity (Wildman–Crippen MR) is 126 cm³/mol. The molecule has 0 saturated carbocycles. The molecule has 1 atom stereocenters. The van der Waals surface area contributed by atoms with Crippen molar-refractivity contribution in [3.8, 4) is 0 Å². The number of pyridine rings is 1. The highest BCUT2D eigenvalue weighted by Crippen LogP contribution is 2.35. The van der Waals surface area contributed by atoms with E-state index in [2.05, 4.69) is 4.90 Å². The first kappa shape index (κ1) is 22.3. The van der Waals surface area contributed by atoms with Gasteiger partial charge in [0.25, 0.3) is 0 Å². The highest BCUT2D eigenvalue weighted by Gasteiger charge is 2.37. The smallest absolute Gasteiger partial charge is 0.343 e. The van der Waals surface area contributed by atoms with E-state index in [1.165, 1.54) is 24.4 Å². The minimum absolute atomic E-state index is 0.0570. The van der Waals surface area contributed by atoms with Crippen LogP contribution in [-0.2, 0) is 4.74 Å². The van der Waals surface area contributed by atoms with Gasteiger partial charge in [-0.1, -0.05) is 12.1 Å². The second-order valence-corrected chi connectivity index (χ2v) is 8.74. The van der Waals surface area contributed by atoms with Gasteiger partial charge < -0.3 is 19.5 Å². The number of benzene rings is 2. The molecule has 2 saturated heterocycles. The van der Waals surface area contributed by atoms with Gasteiger partial charge in [0.2, 0.25) is 5.43 Å². The molecule has 0 bridgehead atoms. The van der Waals surface area contributed by atoms with E-state index < -0.39 is 17.2 Å². The molecule has 7 nitrogen and oxygen atoms in total. The molecule has 5 rings (SSSR count). The first-order valence-electron chi connectivity index (χ1n) is 11.4. The molecule has 34 heavy (non-hydrogen) atoms. The van der Waals surface area contributed by atoms with Crippen molar-refractivity contribution in [3.63, 3.8) is 0 Å². The van der Waals surface area contributed by atoms with Gasteiger partial charge >= 0.3 is 5.97 Å². The van der Waals surface area contributed by atoms with Crippen LogP contribution in [0, 0.1) is 11.6 Å². The summed E-state index contributed by atoms with van der Waals surface area (Å²) < 4.78 is 35.4. The Bertz CT molecular complexity index is 1300. The molecule has 0 aliphatic carbocycles. The van der Waals surface area contributed by atoms with Crippen LogP contribution < -0.4 is 15.3 Å². The lowest BCUT2D eigenvalue weighted by molar-refractivity contribution is 0.0524. The summed E-state index contributed by atoms with van der Waals surface area (Å²) >= 11 is 0. The van der Waals surface area contributed by atoms with E-state index in [0.29, 0.717) is 30.8 Å². The lowest BCUT2D eigenvalue weighted by Gasteiger charge is -2.34. The van der Waals surface area contributed by atoms with E-state index >= 15 is 4.39 Å². The summed E-state index contributed by atoms with van der Waals surface area (Å²) in [5, 5.41) is 2.06. The first-order chi connectivity index (χ1) is 16.4. The fourth-order valence-corrected chi connectivity index (χ4v) is 4.50. The van der Waals surface area contributed by atoms with Gasteiger partial charge in [0.15, 0.2) is 0 Å². The number of fused-ring (bicyclic) bond motifs is 1. The monoisotopic (exact) mass is 468 g/mol. The number of rotatable bonds is 5. The Labute approximate surface area is 195 Å². The summed E-state index contributed by atoms with van der Waals surface area (Å²) in [6, 6.07) is 9.09. The quantitative estimate of drug-likeness (QED) is 0.424. The van der Waals surface area contributed by atoms with E-state index in [1.54, 1.807) is 29.8 Å². The van der Waals surface area contributed by atoms with Crippen molar-refractivity contribution < 1.29 is 18.3 Å². The standard InChI is InChI=1S/C25H26F2N4O3/c1-3-34-25(33)19-14-30(31-15-23(31)16-4-6-17(26)7-5-16)21-13-22(20(27)12-18(21)24(19)32)29-10-8-28(2)9-11-29/h4-7,12-14,23H,3,8-11,15H2,1-2H3. The molecule has 0 amide bonds. The van der Waals surface area contributed by atoms with E-state index in [0.717, 1.165) is 18.7 Å². The van der Waals surface area contributed by atoms with E-state index in [1.807, 2.05) is 17.0 Å². The number of hydrogen-bond acceptors (Lipinski definition) is 6. The molecule has 0 radical (unpaired) electrons. The van der Waals surface area contributed by atoms with Crippen molar-refractivity contribution in [2.75, 3.05) is 56.3 Å². The fourth-order valence-electron chi connectivity index (χ4n) is 4.50. The van der Waals surface area contributed by atoms with Crippen LogP contribution in [0.5, 0.6) is 0 Å². The van der Waals surface area contributed by atoms with Crippen molar-refractivity contribution in [1.29, 1.82) is 0 Å². The second kappa shape index (κ2) is 8.72. The predicted octanol–water partition coefficient (Wildman–Crippen LogP) is 2.90. The van der Waals surface area contributed by atoms with E-state index in [-0.39, 0.29) is 29.4 Å². The van der Waals surface area contributed by atoms with Crippen molar-refractivity contribution in [2.45, 2.75) is 13.0 Å². The van der Waals surface area contributed by atoms with Crippen LogP contribution in [-0.4, -0.2) is 61.9 Å². The third kappa shape index (κ3) is 4.00. The number of carbonyl (C=O) groups is 1. The molecule has 2 aromatic carbocycles. The zero-order valence-corrected chi connectivity index (χ0v) is 19.1. The van der Waals surface area contributed by atoms with Crippen molar-refractivity contribution in [3.05, 3.63) is 75.6 Å². The van der Waals surface area contributed by atoms with Gasteiger partial charge in [-0.3, -0.25) is 9.47 Å². The van der Waals surface area contributed by atoms with Gasteiger partial charge in [0, 0.05) is 32.4 Å². The molecule has 2 fully saturated rings. The maximum Gasteiger partial charge on any atom is 0.343 e. The Balaban J connectivity index is 1.63. The number of piperazine rings is 1. The second-order valence-electron chi connectivity index (χ2n) is 8.74. The third-order valence-corrected chi connectivity index (χ3v) is 6.51. The molecule has 178 valence electrons. The largest absolute Gasteiger partial charge is 0.462 e. The Morgan fingerprint density at radius 3 is 2.47 bits per heavy atom. The SMILES string of the molecule is CCOC(=O)c1cn(N2CC2c2ccc(F)cc2)c2cc(N3CCN(C)CC3)c(F)cc2c1=O. The van der Waals surface area contributed by atoms with Crippen molar-refractivity contribution in [2.24, 2.45) is 0 Å². The highest BCUT2D eigenvalue weighted by molar-refractivity contribution is 5.94. The number of likely N-dealkylation sites (N-methyl/N-ethyl adjacent to an activating group) is 1. The van der Waals surface area contributed by atoms with E-state index in [9.17, 15) is 14.0 Å². The zero-order chi connectivity index (χ0) is 24.0. The summed E-state index contributed by atoms with van der Waals surface area (Å²) in [5.41, 5.74) is 1.14. The summed E-state index contributed by atoms with van der Waals surface area (Å²) in [6.45, 7) is 5.35. The van der Waals surface area contributed by atoms with Gasteiger partial charge in [-0.25, -0.2) is 13.6 Å². The molecular formula is C25H26F2N4O3. The molecule has 3 aromatic rings. The zero-order valence-electron chi connectivity index (χ0n) is 19.1. The summed E-state index contributed by atoms with van der Waals surface area (Å²) in [6.07, 6.45) is 1.47. The van der Waals surface area contributed by atoms with Crippen molar-refractivity contribution in [1.82, 2.24) is 9.58 Å². The van der Waals surface area contributed by atoms with Crippen LogP contribution in [0.4, 0.5) is 14.5 Å². The molecule has 1 aromatic heterocycles. The Hall–Kier alpha value is -3.46. The number of aromatic nitrogens is 1. The van der Waals surface area contributed by atoms with Crippen molar-refractivity contribution >= 4 is 22.6 Å². The number of ether oxygens (including phenoxy) is 1. The highest BCUT2D eigenvalue weighted by atomic mass is 19.1. The van der Waals surface area contributed by atoms with Crippen LogP contribution in [0.3, 0.4) is 0 Å². The van der Waals surface area contributed by atoms with Gasteiger partial charge in [-0.15, -0.1) is 0 Å². The number of carbonyl (C=O) groups excluding carboxylic acids is 1. The van der Waals surface area contributed by atoms with Crippen LogP contribution >= 0.6 is 0 Å². The minimum atomic E-state index is -0.744. The Morgan fingerprint density at radius 2 is 1.79 bits per heavy atom. The normalized spacial score (nSPS) is 18.4. The average molecular weight is 469 g/mol. The maximum atomic E-state index is 15.2. The molecule has 3 heterocycles. The minimum Gasteiger partial charge on any atom is -0.462 e. The summed E-state index contributed by atoms with van der Waals surface area (Å²) in [4.78, 5) is 29.8. The molecule has 1 unspecified atom stereocenters. The lowest BCUT2D eigenvalue weighted by Crippen LogP contribution is -2.44. The molecule has 0 spiro atoms.